The largest absolute Gasteiger partial charge is 1.00 e. The second-order valence-electron chi connectivity index (χ2n) is 4.59. The first-order valence-electron chi connectivity index (χ1n) is 7.10. The molecule has 0 aliphatic heterocycles. The Kier molecular flexibility index (Phi) is 8.48. The van der Waals surface area contributed by atoms with Crippen molar-refractivity contribution in [2.75, 3.05) is 6.61 Å². The Hall–Kier alpha value is -2.42. The molecule has 8 nitrogen and oxygen atoms in total. The summed E-state index contributed by atoms with van der Waals surface area (Å²) in [5.74, 6) is 0.886. The molecule has 0 radical (unpaired) electrons. The summed E-state index contributed by atoms with van der Waals surface area (Å²) in [7, 11) is 0. The first kappa shape index (κ1) is 19.6. The van der Waals surface area contributed by atoms with Gasteiger partial charge in [0, 0.05) is 25.7 Å². The fraction of sp³-hybridized carbons (Fsp3) is 0.267. The van der Waals surface area contributed by atoms with E-state index in [0.717, 1.165) is 0 Å². The minimum atomic E-state index is -0.180. The third-order valence-corrected chi connectivity index (χ3v) is 2.92. The van der Waals surface area contributed by atoms with Crippen LogP contribution in [0.5, 0.6) is 0 Å². The van der Waals surface area contributed by atoms with Crippen molar-refractivity contribution in [2.45, 2.75) is 20.2 Å². The standard InChI is InChI=1S/C15H19N6O2.ClH/c1-13(17-19-15-7-3-5-9-21(15)12-23)16-18-14-6-2-4-8-20(14)10-11-22;/h2-9,22-23H,10-12H2,1H3;1H/q+1;/p-1. The van der Waals surface area contributed by atoms with Crippen molar-refractivity contribution < 1.29 is 27.2 Å². The number of azo groups is 1. The highest BCUT2D eigenvalue weighted by Gasteiger charge is 2.06. The smallest absolute Gasteiger partial charge is 0.352 e. The van der Waals surface area contributed by atoms with Crippen molar-refractivity contribution in [3.63, 3.8) is 0 Å². The van der Waals surface area contributed by atoms with Gasteiger partial charge in [-0.05, 0) is 23.3 Å². The average Bonchev–Trinajstić information content (AvgIpc) is 2.59. The van der Waals surface area contributed by atoms with E-state index in [1.165, 1.54) is 0 Å². The Morgan fingerprint density at radius 1 is 1.17 bits per heavy atom. The van der Waals surface area contributed by atoms with Gasteiger partial charge in [0.15, 0.2) is 18.1 Å². The Labute approximate surface area is 145 Å². The van der Waals surface area contributed by atoms with E-state index < -0.39 is 0 Å². The van der Waals surface area contributed by atoms with E-state index in [9.17, 15) is 5.11 Å². The number of nitrogens with zero attached hydrogens (tertiary/aromatic N) is 6. The number of hydrogen-bond acceptors (Lipinski definition) is 5. The summed E-state index contributed by atoms with van der Waals surface area (Å²) in [6.45, 7) is 1.96. The first-order valence-corrected chi connectivity index (χ1v) is 7.10. The zero-order valence-corrected chi connectivity index (χ0v) is 14.0. The summed E-state index contributed by atoms with van der Waals surface area (Å²) in [5, 5.41) is 34.4. The van der Waals surface area contributed by atoms with Crippen LogP contribution < -0.4 is 22.5 Å². The highest BCUT2D eigenvalue weighted by molar-refractivity contribution is 5.79. The van der Waals surface area contributed by atoms with Gasteiger partial charge in [-0.25, -0.2) is 4.57 Å². The molecule has 0 amide bonds. The van der Waals surface area contributed by atoms with Gasteiger partial charge >= 0.3 is 5.82 Å². The number of aliphatic hydroxyl groups is 2. The molecule has 2 N–H and O–H groups in total. The zero-order chi connectivity index (χ0) is 16.5. The number of aromatic nitrogens is 2. The van der Waals surface area contributed by atoms with Gasteiger partial charge in [0.05, 0.1) is 17.9 Å². The summed E-state index contributed by atoms with van der Waals surface area (Å²) < 4.78 is 3.32. The van der Waals surface area contributed by atoms with Crippen LogP contribution in [0, 0.1) is 0 Å². The second-order valence-corrected chi connectivity index (χ2v) is 4.59. The van der Waals surface area contributed by atoms with Crippen LogP contribution in [-0.4, -0.2) is 27.2 Å². The van der Waals surface area contributed by atoms with Crippen molar-refractivity contribution in [1.82, 2.24) is 4.57 Å². The SMILES string of the molecule is CC(N=Nc1cccc[n+]1CO)=NN=c1ccccn1CCO.[Cl-]. The lowest BCUT2D eigenvalue weighted by molar-refractivity contribution is -0.718. The summed E-state index contributed by atoms with van der Waals surface area (Å²) in [6.07, 6.45) is 3.52. The second kappa shape index (κ2) is 10.4. The molecule has 128 valence electrons. The first-order chi connectivity index (χ1) is 11.2. The fourth-order valence-corrected chi connectivity index (χ4v) is 1.80. The molecule has 9 heteroatoms. The predicted octanol–water partition coefficient (Wildman–Crippen LogP) is -2.26. The van der Waals surface area contributed by atoms with Crippen molar-refractivity contribution >= 4 is 11.7 Å². The topological polar surface area (TPSA) is 98.7 Å². The molecule has 0 aliphatic carbocycles. The van der Waals surface area contributed by atoms with Gasteiger partial charge in [-0.15, -0.1) is 10.2 Å². The normalized spacial score (nSPS) is 12.5. The number of amidine groups is 1. The highest BCUT2D eigenvalue weighted by Crippen LogP contribution is 2.04. The fourth-order valence-electron chi connectivity index (χ4n) is 1.80. The molecule has 0 bridgehead atoms. The van der Waals surface area contributed by atoms with Crippen LogP contribution in [0.25, 0.3) is 0 Å². The molecular formula is C15H19ClN6O2. The third-order valence-electron chi connectivity index (χ3n) is 2.92. The lowest BCUT2D eigenvalue weighted by atomic mass is 10.4. The minimum Gasteiger partial charge on any atom is -1.00 e. The maximum Gasteiger partial charge on any atom is 0.352 e. The van der Waals surface area contributed by atoms with Gasteiger partial charge in [-0.2, -0.15) is 0 Å². The van der Waals surface area contributed by atoms with Gasteiger partial charge in [-0.3, -0.25) is 0 Å². The third kappa shape index (κ3) is 5.65. The molecule has 2 heterocycles. The van der Waals surface area contributed by atoms with E-state index in [4.69, 9.17) is 5.11 Å². The molecule has 0 atom stereocenters. The minimum absolute atomic E-state index is 0. The Morgan fingerprint density at radius 3 is 2.71 bits per heavy atom. The number of pyridine rings is 2. The lowest BCUT2D eigenvalue weighted by Crippen LogP contribution is -3.00. The van der Waals surface area contributed by atoms with Gasteiger partial charge in [0.25, 0.3) is 0 Å². The van der Waals surface area contributed by atoms with Crippen LogP contribution >= 0.6 is 0 Å². The molecule has 2 aromatic heterocycles. The summed E-state index contributed by atoms with van der Waals surface area (Å²) in [6, 6.07) is 10.8. The van der Waals surface area contributed by atoms with E-state index >= 15 is 0 Å². The van der Waals surface area contributed by atoms with Gasteiger partial charge in [0.1, 0.15) is 0 Å². The number of halogens is 1. The summed E-state index contributed by atoms with van der Waals surface area (Å²) >= 11 is 0. The van der Waals surface area contributed by atoms with Gasteiger partial charge in [0.2, 0.25) is 0 Å². The maximum absolute atomic E-state index is 9.21. The highest BCUT2D eigenvalue weighted by atomic mass is 35.5. The molecule has 0 saturated carbocycles. The Balaban J connectivity index is 0.00000288. The molecule has 2 aromatic rings. The molecule has 24 heavy (non-hydrogen) atoms. The van der Waals surface area contributed by atoms with E-state index in [2.05, 4.69) is 20.4 Å². The average molecular weight is 351 g/mol. The van der Waals surface area contributed by atoms with Crippen molar-refractivity contribution in [3.8, 4) is 0 Å². The lowest BCUT2D eigenvalue weighted by Gasteiger charge is -2.02. The summed E-state index contributed by atoms with van der Waals surface area (Å²) in [4.78, 5) is 0. The monoisotopic (exact) mass is 350 g/mol. The summed E-state index contributed by atoms with van der Waals surface area (Å²) in [5.41, 5.74) is 0.612. The van der Waals surface area contributed by atoms with Crippen molar-refractivity contribution in [2.24, 2.45) is 20.4 Å². The maximum atomic E-state index is 9.21. The number of rotatable bonds is 5. The van der Waals surface area contributed by atoms with E-state index in [0.29, 0.717) is 23.7 Å². The molecule has 0 unspecified atom stereocenters. The van der Waals surface area contributed by atoms with Crippen molar-refractivity contribution in [3.05, 3.63) is 54.3 Å². The molecular weight excluding hydrogens is 332 g/mol. The molecule has 0 aromatic carbocycles. The van der Waals surface area contributed by atoms with E-state index in [1.54, 1.807) is 46.5 Å². The van der Waals surface area contributed by atoms with Crippen LogP contribution in [0.2, 0.25) is 0 Å². The number of hydrogen-bond donors (Lipinski definition) is 2. The van der Waals surface area contributed by atoms with Crippen molar-refractivity contribution in [1.29, 1.82) is 0 Å². The predicted molar refractivity (Wildman–Crippen MR) is 83.6 cm³/mol. The van der Waals surface area contributed by atoms with Crippen LogP contribution in [0.3, 0.4) is 0 Å². The molecule has 0 saturated heterocycles. The number of aliphatic hydroxyl groups excluding tert-OH is 2. The molecule has 0 fully saturated rings. The van der Waals surface area contributed by atoms with E-state index in [-0.39, 0.29) is 25.7 Å². The molecule has 2 rings (SSSR count). The Bertz CT molecular complexity index is 772. The quantitative estimate of drug-likeness (QED) is 0.209. The molecule has 0 aliphatic rings. The van der Waals surface area contributed by atoms with Crippen LogP contribution in [0.1, 0.15) is 6.92 Å². The van der Waals surface area contributed by atoms with Crippen LogP contribution in [-0.2, 0) is 13.3 Å². The Morgan fingerprint density at radius 2 is 1.96 bits per heavy atom. The zero-order valence-electron chi connectivity index (χ0n) is 13.2. The van der Waals surface area contributed by atoms with Gasteiger partial charge in [-0.1, -0.05) is 12.1 Å². The van der Waals surface area contributed by atoms with Crippen LogP contribution in [0.4, 0.5) is 5.82 Å². The van der Waals surface area contributed by atoms with Crippen LogP contribution in [0.15, 0.2) is 69.2 Å². The van der Waals surface area contributed by atoms with E-state index in [1.807, 2.05) is 18.3 Å². The molecule has 0 spiro atoms. The van der Waals surface area contributed by atoms with Gasteiger partial charge < -0.3 is 27.2 Å².